The first kappa shape index (κ1) is 21.2. The van der Waals surface area contributed by atoms with E-state index in [0.29, 0.717) is 12.1 Å². The van der Waals surface area contributed by atoms with Crippen molar-refractivity contribution >= 4 is 11.7 Å². The zero-order valence-corrected chi connectivity index (χ0v) is 19.1. The molecule has 1 aromatic rings. The highest BCUT2D eigenvalue weighted by Gasteiger charge is 2.57. The summed E-state index contributed by atoms with van der Waals surface area (Å²) in [5, 5.41) is 3.09. The van der Waals surface area contributed by atoms with Gasteiger partial charge in [0.05, 0.1) is 11.6 Å². The van der Waals surface area contributed by atoms with Crippen LogP contribution in [-0.4, -0.2) is 73.0 Å². The maximum absolute atomic E-state index is 12.8. The van der Waals surface area contributed by atoms with Crippen molar-refractivity contribution in [3.05, 3.63) is 29.3 Å². The maximum atomic E-state index is 12.8. The monoisotopic (exact) mass is 427 g/mol. The smallest absolute Gasteiger partial charge is 0.321 e. The first-order chi connectivity index (χ1) is 15.0. The summed E-state index contributed by atoms with van der Waals surface area (Å²) in [6.45, 7) is 9.49. The summed E-state index contributed by atoms with van der Waals surface area (Å²) in [7, 11) is 0. The van der Waals surface area contributed by atoms with E-state index in [-0.39, 0.29) is 11.6 Å². The van der Waals surface area contributed by atoms with Crippen LogP contribution in [0, 0.1) is 19.8 Å². The molecule has 1 aromatic carbocycles. The van der Waals surface area contributed by atoms with Crippen LogP contribution in [-0.2, 0) is 9.47 Å². The second kappa shape index (κ2) is 8.72. The fraction of sp³-hybridized carbons (Fsp3) is 0.720. The van der Waals surface area contributed by atoms with Crippen molar-refractivity contribution in [2.75, 3.05) is 44.8 Å². The number of amides is 2. The van der Waals surface area contributed by atoms with Crippen LogP contribution in [0.3, 0.4) is 0 Å². The minimum Gasteiger partial charge on any atom is -0.381 e. The lowest BCUT2D eigenvalue weighted by molar-refractivity contribution is -0.217. The molecule has 3 heterocycles. The maximum Gasteiger partial charge on any atom is 0.321 e. The molecule has 1 unspecified atom stereocenters. The average molecular weight is 428 g/mol. The molecule has 0 bridgehead atoms. The Morgan fingerprint density at radius 1 is 1.13 bits per heavy atom. The van der Waals surface area contributed by atoms with Crippen LogP contribution < -0.4 is 5.32 Å². The van der Waals surface area contributed by atoms with Gasteiger partial charge >= 0.3 is 6.03 Å². The van der Waals surface area contributed by atoms with Gasteiger partial charge in [0.15, 0.2) is 0 Å². The standard InChI is InChI=1S/C25H37N3O3/c1-18-3-6-21(15-19(18)2)26-24(29)27-11-7-22(8-12-27)28-16-23(31-17-20-4-5-20)25(28)9-13-30-14-10-25/h3,6,15,20,22-23H,4-5,7-14,16-17H2,1-2H3,(H,26,29). The van der Waals surface area contributed by atoms with Crippen LogP contribution in [0.15, 0.2) is 18.2 Å². The summed E-state index contributed by atoms with van der Waals surface area (Å²) in [6, 6.07) is 6.68. The number of urea groups is 1. The Morgan fingerprint density at radius 2 is 1.87 bits per heavy atom. The lowest BCUT2D eigenvalue weighted by atomic mass is 9.73. The fourth-order valence-corrected chi connectivity index (χ4v) is 5.60. The molecule has 170 valence electrons. The van der Waals surface area contributed by atoms with Crippen LogP contribution in [0.25, 0.3) is 0 Å². The molecule has 0 radical (unpaired) electrons. The molecule has 1 aliphatic carbocycles. The number of carbonyl (C=O) groups excluding carboxylic acids is 1. The largest absolute Gasteiger partial charge is 0.381 e. The Balaban J connectivity index is 1.16. The Kier molecular flexibility index (Phi) is 5.97. The van der Waals surface area contributed by atoms with Crippen molar-refractivity contribution in [1.29, 1.82) is 0 Å². The molecule has 5 rings (SSSR count). The molecule has 3 saturated heterocycles. The third-order valence-electron chi connectivity index (χ3n) is 8.07. The molecular weight excluding hydrogens is 390 g/mol. The van der Waals surface area contributed by atoms with E-state index >= 15 is 0 Å². The predicted molar refractivity (Wildman–Crippen MR) is 121 cm³/mol. The van der Waals surface area contributed by atoms with Gasteiger partial charge < -0.3 is 19.7 Å². The SMILES string of the molecule is Cc1ccc(NC(=O)N2CCC(N3CC(OCC4CC4)C34CCOCC4)CC2)cc1C. The number of carbonyl (C=O) groups is 1. The van der Waals surface area contributed by atoms with E-state index in [1.54, 1.807) is 0 Å². The van der Waals surface area contributed by atoms with Crippen LogP contribution in [0.5, 0.6) is 0 Å². The van der Waals surface area contributed by atoms with Crippen molar-refractivity contribution in [2.24, 2.45) is 5.92 Å². The number of nitrogens with zero attached hydrogens (tertiary/aromatic N) is 2. The normalized spacial score (nSPS) is 26.6. The van der Waals surface area contributed by atoms with E-state index in [1.165, 1.54) is 24.0 Å². The Morgan fingerprint density at radius 3 is 2.55 bits per heavy atom. The molecular formula is C25H37N3O3. The van der Waals surface area contributed by atoms with Gasteiger partial charge in [-0.25, -0.2) is 4.79 Å². The molecule has 31 heavy (non-hydrogen) atoms. The van der Waals surface area contributed by atoms with Crippen LogP contribution >= 0.6 is 0 Å². The number of piperidine rings is 1. The molecule has 4 fully saturated rings. The van der Waals surface area contributed by atoms with Gasteiger partial charge in [0, 0.05) is 51.2 Å². The van der Waals surface area contributed by atoms with Crippen LogP contribution in [0.1, 0.15) is 49.7 Å². The molecule has 1 N–H and O–H groups in total. The van der Waals surface area contributed by atoms with Crippen molar-refractivity contribution in [3.8, 4) is 0 Å². The van der Waals surface area contributed by atoms with Crippen molar-refractivity contribution in [3.63, 3.8) is 0 Å². The molecule has 4 aliphatic rings. The average Bonchev–Trinajstić information content (AvgIpc) is 3.61. The summed E-state index contributed by atoms with van der Waals surface area (Å²) in [4.78, 5) is 17.5. The third-order valence-corrected chi connectivity index (χ3v) is 8.07. The summed E-state index contributed by atoms with van der Waals surface area (Å²) < 4.78 is 12.1. The zero-order valence-electron chi connectivity index (χ0n) is 19.1. The summed E-state index contributed by atoms with van der Waals surface area (Å²) in [5.74, 6) is 0.810. The molecule has 0 aromatic heterocycles. The molecule has 1 atom stereocenters. The lowest BCUT2D eigenvalue weighted by Gasteiger charge is -2.63. The highest BCUT2D eigenvalue weighted by atomic mass is 16.5. The molecule has 2 amide bonds. The minimum atomic E-state index is 0.0248. The van der Waals surface area contributed by atoms with Gasteiger partial charge in [0.2, 0.25) is 0 Å². The number of rotatable bonds is 5. The topological polar surface area (TPSA) is 54.0 Å². The van der Waals surface area contributed by atoms with Gasteiger partial charge in [-0.3, -0.25) is 4.90 Å². The number of likely N-dealkylation sites (tertiary alicyclic amines) is 2. The third kappa shape index (κ3) is 4.35. The van der Waals surface area contributed by atoms with E-state index in [0.717, 1.165) is 76.7 Å². The van der Waals surface area contributed by atoms with Gasteiger partial charge in [-0.2, -0.15) is 0 Å². The summed E-state index contributed by atoms with van der Waals surface area (Å²) >= 11 is 0. The number of nitrogens with one attached hydrogen (secondary N) is 1. The predicted octanol–water partition coefficient (Wildman–Crippen LogP) is 3.96. The van der Waals surface area contributed by atoms with Gasteiger partial charge in [0.25, 0.3) is 0 Å². The molecule has 3 aliphatic heterocycles. The first-order valence-corrected chi connectivity index (χ1v) is 12.1. The van der Waals surface area contributed by atoms with Gasteiger partial charge in [0.1, 0.15) is 0 Å². The second-order valence-corrected chi connectivity index (χ2v) is 10.1. The van der Waals surface area contributed by atoms with Crippen LogP contribution in [0.2, 0.25) is 0 Å². The van der Waals surface area contributed by atoms with Crippen molar-refractivity contribution < 1.29 is 14.3 Å². The van der Waals surface area contributed by atoms with Crippen molar-refractivity contribution in [2.45, 2.75) is 70.1 Å². The van der Waals surface area contributed by atoms with E-state index in [2.05, 4.69) is 36.2 Å². The van der Waals surface area contributed by atoms with E-state index in [9.17, 15) is 4.79 Å². The summed E-state index contributed by atoms with van der Waals surface area (Å²) in [5.41, 5.74) is 3.50. The van der Waals surface area contributed by atoms with Crippen LogP contribution in [0.4, 0.5) is 10.5 Å². The molecule has 6 heteroatoms. The van der Waals surface area contributed by atoms with Crippen molar-refractivity contribution in [1.82, 2.24) is 9.80 Å². The Labute approximate surface area is 186 Å². The number of anilines is 1. The van der Waals surface area contributed by atoms with E-state index in [1.807, 2.05) is 11.0 Å². The molecule has 1 saturated carbocycles. The minimum absolute atomic E-state index is 0.0248. The number of ether oxygens (including phenoxy) is 2. The molecule has 1 spiro atoms. The molecule has 6 nitrogen and oxygen atoms in total. The zero-order chi connectivity index (χ0) is 21.4. The first-order valence-electron chi connectivity index (χ1n) is 12.1. The quantitative estimate of drug-likeness (QED) is 0.773. The highest BCUT2D eigenvalue weighted by Crippen LogP contribution is 2.45. The fourth-order valence-electron chi connectivity index (χ4n) is 5.60. The van der Waals surface area contributed by atoms with Gasteiger partial charge in [-0.1, -0.05) is 6.07 Å². The van der Waals surface area contributed by atoms with E-state index in [4.69, 9.17) is 9.47 Å². The lowest BCUT2D eigenvalue weighted by Crippen LogP contribution is -2.76. The van der Waals surface area contributed by atoms with Gasteiger partial charge in [-0.05, 0) is 81.5 Å². The summed E-state index contributed by atoms with van der Waals surface area (Å²) in [6.07, 6.45) is 7.29. The Bertz CT molecular complexity index is 795. The number of hydrogen-bond acceptors (Lipinski definition) is 4. The highest BCUT2D eigenvalue weighted by molar-refractivity contribution is 5.89. The second-order valence-electron chi connectivity index (χ2n) is 10.1. The van der Waals surface area contributed by atoms with E-state index < -0.39 is 0 Å². The number of aryl methyl sites for hydroxylation is 2. The Hall–Kier alpha value is -1.63. The van der Waals surface area contributed by atoms with Gasteiger partial charge in [-0.15, -0.1) is 0 Å². The number of benzene rings is 1. The number of hydrogen-bond donors (Lipinski definition) is 1.